The van der Waals surface area contributed by atoms with Gasteiger partial charge in [0.1, 0.15) is 5.82 Å². The van der Waals surface area contributed by atoms with Gasteiger partial charge in [0, 0.05) is 53.7 Å². The maximum atomic E-state index is 14.5. The number of halogens is 3. The largest absolute Gasteiger partial charge is 0.326 e. The molecule has 0 saturated heterocycles. The fourth-order valence-corrected chi connectivity index (χ4v) is 3.73. The minimum Gasteiger partial charge on any atom is -0.326 e. The summed E-state index contributed by atoms with van der Waals surface area (Å²) in [5, 5.41) is 2.78. The van der Waals surface area contributed by atoms with E-state index in [1.165, 1.54) is 44.4 Å². The Hall–Kier alpha value is -4.00. The number of benzene rings is 3. The minimum atomic E-state index is -2.92. The van der Waals surface area contributed by atoms with E-state index in [0.717, 1.165) is 0 Å². The van der Waals surface area contributed by atoms with Crippen LogP contribution in [0.5, 0.6) is 0 Å². The quantitative estimate of drug-likeness (QED) is 0.334. The summed E-state index contributed by atoms with van der Waals surface area (Å²) >= 11 is 0. The van der Waals surface area contributed by atoms with E-state index in [9.17, 15) is 18.0 Å². The number of carbonyl (C=O) groups is 1. The van der Waals surface area contributed by atoms with Crippen molar-refractivity contribution in [1.29, 1.82) is 0 Å². The van der Waals surface area contributed by atoms with Crippen LogP contribution in [-0.4, -0.2) is 15.9 Å². The molecule has 0 radical (unpaired) electrons. The molecule has 0 aliphatic carbocycles. The molecule has 34 heavy (non-hydrogen) atoms. The van der Waals surface area contributed by atoms with Gasteiger partial charge >= 0.3 is 0 Å². The zero-order valence-corrected chi connectivity index (χ0v) is 18.6. The fraction of sp³-hybridized carbons (Fsp3) is 0.148. The summed E-state index contributed by atoms with van der Waals surface area (Å²) in [6.45, 7) is 2.82. The number of amides is 1. The monoisotopic (exact) mass is 461 g/mol. The van der Waals surface area contributed by atoms with Crippen molar-refractivity contribution >= 4 is 11.6 Å². The second kappa shape index (κ2) is 9.47. The van der Waals surface area contributed by atoms with Gasteiger partial charge in [-0.3, -0.25) is 14.8 Å². The zero-order valence-electron chi connectivity index (χ0n) is 18.6. The number of hydrogen-bond acceptors (Lipinski definition) is 3. The molecule has 4 nitrogen and oxygen atoms in total. The lowest BCUT2D eigenvalue weighted by Crippen LogP contribution is -2.11. The number of rotatable bonds is 6. The summed E-state index contributed by atoms with van der Waals surface area (Å²) in [6, 6.07) is 17.5. The van der Waals surface area contributed by atoms with Crippen LogP contribution in [0.4, 0.5) is 18.9 Å². The normalized spacial score (nSPS) is 11.3. The first-order valence-electron chi connectivity index (χ1n) is 10.8. The minimum absolute atomic E-state index is 0.0771. The Kier molecular flexibility index (Phi) is 6.45. The van der Waals surface area contributed by atoms with Crippen LogP contribution in [0.25, 0.3) is 33.6 Å². The standard InChI is InChI=1S/C27H22F3N3O/c1-3-27(29,30)20-11-8-18(9-12-20)22-16-19(10-13-24(22)33-17(2)34)25-26(32-15-14-31-25)21-6-4-5-7-23(21)28/h4-16H,3H2,1-2H3,(H,33,34). The highest BCUT2D eigenvalue weighted by molar-refractivity contribution is 5.95. The molecule has 0 saturated carbocycles. The lowest BCUT2D eigenvalue weighted by molar-refractivity contribution is -0.114. The Balaban J connectivity index is 1.85. The van der Waals surface area contributed by atoms with E-state index < -0.39 is 11.7 Å². The van der Waals surface area contributed by atoms with Gasteiger partial charge in [-0.1, -0.05) is 49.4 Å². The zero-order chi connectivity index (χ0) is 24.3. The number of carbonyl (C=O) groups excluding carboxylic acids is 1. The number of anilines is 1. The molecule has 1 aromatic heterocycles. The van der Waals surface area contributed by atoms with E-state index in [2.05, 4.69) is 15.3 Å². The summed E-state index contributed by atoms with van der Waals surface area (Å²) < 4.78 is 42.7. The first-order chi connectivity index (χ1) is 16.3. The van der Waals surface area contributed by atoms with Crippen LogP contribution < -0.4 is 5.32 Å². The van der Waals surface area contributed by atoms with E-state index in [0.29, 0.717) is 39.3 Å². The molecule has 172 valence electrons. The molecule has 0 bridgehead atoms. The van der Waals surface area contributed by atoms with E-state index in [-0.39, 0.29) is 17.9 Å². The second-order valence-electron chi connectivity index (χ2n) is 7.81. The van der Waals surface area contributed by atoms with Crippen LogP contribution in [-0.2, 0) is 10.7 Å². The van der Waals surface area contributed by atoms with Crippen molar-refractivity contribution in [3.8, 4) is 33.6 Å². The third-order valence-corrected chi connectivity index (χ3v) is 5.49. The van der Waals surface area contributed by atoms with Crippen molar-refractivity contribution in [3.05, 3.63) is 90.5 Å². The molecular weight excluding hydrogens is 439 g/mol. The van der Waals surface area contributed by atoms with Gasteiger partial charge in [-0.15, -0.1) is 0 Å². The molecule has 1 N–H and O–H groups in total. The average molecular weight is 461 g/mol. The van der Waals surface area contributed by atoms with Gasteiger partial charge < -0.3 is 5.32 Å². The summed E-state index contributed by atoms with van der Waals surface area (Å²) in [7, 11) is 0. The van der Waals surface area contributed by atoms with E-state index in [1.807, 2.05) is 0 Å². The van der Waals surface area contributed by atoms with Crippen LogP contribution in [0.1, 0.15) is 25.8 Å². The first kappa shape index (κ1) is 23.2. The smallest absolute Gasteiger partial charge is 0.273 e. The molecule has 0 spiro atoms. The van der Waals surface area contributed by atoms with E-state index in [1.54, 1.807) is 48.5 Å². The predicted octanol–water partition coefficient (Wildman–Crippen LogP) is 7.08. The lowest BCUT2D eigenvalue weighted by Gasteiger charge is -2.17. The van der Waals surface area contributed by atoms with Gasteiger partial charge in [0.15, 0.2) is 0 Å². The molecule has 4 rings (SSSR count). The van der Waals surface area contributed by atoms with Crippen LogP contribution in [0.2, 0.25) is 0 Å². The van der Waals surface area contributed by atoms with Crippen molar-refractivity contribution in [2.45, 2.75) is 26.2 Å². The van der Waals surface area contributed by atoms with Crippen LogP contribution in [0.15, 0.2) is 79.1 Å². The number of nitrogens with zero attached hydrogens (tertiary/aromatic N) is 2. The lowest BCUT2D eigenvalue weighted by atomic mass is 9.95. The Morgan fingerprint density at radius 3 is 2.18 bits per heavy atom. The maximum Gasteiger partial charge on any atom is 0.273 e. The van der Waals surface area contributed by atoms with Gasteiger partial charge in [0.25, 0.3) is 5.92 Å². The number of aromatic nitrogens is 2. The Morgan fingerprint density at radius 2 is 1.53 bits per heavy atom. The predicted molar refractivity (Wildman–Crippen MR) is 127 cm³/mol. The van der Waals surface area contributed by atoms with E-state index >= 15 is 0 Å². The highest BCUT2D eigenvalue weighted by atomic mass is 19.3. The summed E-state index contributed by atoms with van der Waals surface area (Å²) in [6.07, 6.45) is 2.71. The van der Waals surface area contributed by atoms with Gasteiger partial charge in [-0.25, -0.2) is 13.2 Å². The summed E-state index contributed by atoms with van der Waals surface area (Å²) in [4.78, 5) is 20.6. The molecule has 4 aromatic rings. The first-order valence-corrected chi connectivity index (χ1v) is 10.8. The molecule has 0 fully saturated rings. The topological polar surface area (TPSA) is 54.9 Å². The van der Waals surface area contributed by atoms with Crippen LogP contribution in [0, 0.1) is 5.82 Å². The molecule has 7 heteroatoms. The molecule has 0 aliphatic heterocycles. The van der Waals surface area contributed by atoms with Crippen molar-refractivity contribution in [2.75, 3.05) is 5.32 Å². The number of hydrogen-bond donors (Lipinski definition) is 1. The summed E-state index contributed by atoms with van der Waals surface area (Å²) in [5.74, 6) is -3.61. The van der Waals surface area contributed by atoms with Crippen molar-refractivity contribution in [2.24, 2.45) is 0 Å². The van der Waals surface area contributed by atoms with Crippen LogP contribution in [0.3, 0.4) is 0 Å². The Morgan fingerprint density at radius 1 is 0.882 bits per heavy atom. The second-order valence-corrected chi connectivity index (χ2v) is 7.81. The van der Waals surface area contributed by atoms with Gasteiger partial charge in [-0.05, 0) is 29.8 Å². The van der Waals surface area contributed by atoms with Crippen molar-refractivity contribution in [3.63, 3.8) is 0 Å². The van der Waals surface area contributed by atoms with Crippen molar-refractivity contribution < 1.29 is 18.0 Å². The highest BCUT2D eigenvalue weighted by Gasteiger charge is 2.28. The third kappa shape index (κ3) is 4.69. The van der Waals surface area contributed by atoms with Gasteiger partial charge in [0.2, 0.25) is 5.91 Å². The molecule has 3 aromatic carbocycles. The maximum absolute atomic E-state index is 14.5. The highest BCUT2D eigenvalue weighted by Crippen LogP contribution is 2.37. The SMILES string of the molecule is CCC(F)(F)c1ccc(-c2cc(-c3nccnc3-c3ccccc3F)ccc2NC(C)=O)cc1. The molecule has 1 heterocycles. The average Bonchev–Trinajstić information content (AvgIpc) is 2.84. The molecule has 0 atom stereocenters. The molecular formula is C27H22F3N3O. The molecule has 0 aliphatic rings. The Bertz CT molecular complexity index is 1340. The number of nitrogens with one attached hydrogen (secondary N) is 1. The van der Waals surface area contributed by atoms with Crippen LogP contribution >= 0.6 is 0 Å². The fourth-order valence-electron chi connectivity index (χ4n) is 3.73. The van der Waals surface area contributed by atoms with E-state index in [4.69, 9.17) is 0 Å². The van der Waals surface area contributed by atoms with Gasteiger partial charge in [0.05, 0.1) is 11.4 Å². The van der Waals surface area contributed by atoms with Crippen molar-refractivity contribution in [1.82, 2.24) is 9.97 Å². The van der Waals surface area contributed by atoms with Gasteiger partial charge in [-0.2, -0.15) is 0 Å². The molecule has 0 unspecified atom stereocenters. The number of alkyl halides is 2. The summed E-state index contributed by atoms with van der Waals surface area (Å²) in [5.41, 5.74) is 3.47. The Labute approximate surface area is 195 Å². The third-order valence-electron chi connectivity index (χ3n) is 5.49. The molecule has 1 amide bonds.